The Morgan fingerprint density at radius 3 is 2.29 bits per heavy atom. The van der Waals surface area contributed by atoms with E-state index in [9.17, 15) is 0 Å². The SMILES string of the molecule is [CH2]C12CCC(C1)C2. The van der Waals surface area contributed by atoms with Crippen molar-refractivity contribution in [3.05, 3.63) is 6.92 Å². The van der Waals surface area contributed by atoms with Crippen molar-refractivity contribution in [2.45, 2.75) is 25.7 Å². The van der Waals surface area contributed by atoms with Crippen molar-refractivity contribution in [1.82, 2.24) is 0 Å². The molecule has 0 nitrogen and oxygen atoms in total. The van der Waals surface area contributed by atoms with Gasteiger partial charge in [-0.2, -0.15) is 0 Å². The van der Waals surface area contributed by atoms with Crippen LogP contribution in [0.2, 0.25) is 0 Å². The molecule has 0 amide bonds. The van der Waals surface area contributed by atoms with Crippen LogP contribution in [0.4, 0.5) is 0 Å². The van der Waals surface area contributed by atoms with E-state index in [-0.39, 0.29) is 0 Å². The molecule has 3 saturated carbocycles. The minimum Gasteiger partial charge on any atom is -0.0499 e. The van der Waals surface area contributed by atoms with Crippen molar-refractivity contribution in [2.24, 2.45) is 11.3 Å². The van der Waals surface area contributed by atoms with Crippen LogP contribution in [0.25, 0.3) is 0 Å². The molecule has 0 spiro atoms. The molecule has 0 aromatic rings. The molecular formula is C7H11. The molecule has 0 N–H and O–H groups in total. The Morgan fingerprint density at radius 1 is 1.43 bits per heavy atom. The molecule has 7 heavy (non-hydrogen) atoms. The first-order valence-electron chi connectivity index (χ1n) is 3.14. The first kappa shape index (κ1) is 3.94. The summed E-state index contributed by atoms with van der Waals surface area (Å²) in [6.45, 7) is 4.14. The number of hydrogen-bond donors (Lipinski definition) is 0. The quantitative estimate of drug-likeness (QED) is 0.431. The summed E-state index contributed by atoms with van der Waals surface area (Å²) >= 11 is 0. The molecule has 0 aromatic carbocycles. The fourth-order valence-electron chi connectivity index (χ4n) is 2.08. The molecule has 3 fully saturated rings. The highest BCUT2D eigenvalue weighted by Gasteiger charge is 2.46. The predicted molar refractivity (Wildman–Crippen MR) is 29.7 cm³/mol. The van der Waals surface area contributed by atoms with E-state index in [0.717, 1.165) is 5.92 Å². The zero-order chi connectivity index (χ0) is 4.91. The largest absolute Gasteiger partial charge is 0.0499 e. The van der Waals surface area contributed by atoms with Gasteiger partial charge in [0.25, 0.3) is 0 Å². The molecule has 3 rings (SSSR count). The van der Waals surface area contributed by atoms with Crippen molar-refractivity contribution in [3.63, 3.8) is 0 Å². The van der Waals surface area contributed by atoms with Gasteiger partial charge in [0.05, 0.1) is 0 Å². The summed E-state index contributed by atoms with van der Waals surface area (Å²) in [7, 11) is 0. The van der Waals surface area contributed by atoms with E-state index >= 15 is 0 Å². The van der Waals surface area contributed by atoms with E-state index in [4.69, 9.17) is 0 Å². The normalized spacial score (nSPS) is 57.0. The van der Waals surface area contributed by atoms with Gasteiger partial charge >= 0.3 is 0 Å². The molecule has 0 atom stereocenters. The molecule has 2 bridgehead atoms. The van der Waals surface area contributed by atoms with E-state index in [1.54, 1.807) is 0 Å². The first-order chi connectivity index (χ1) is 3.29. The zero-order valence-corrected chi connectivity index (χ0v) is 4.61. The van der Waals surface area contributed by atoms with Crippen LogP contribution in [0, 0.1) is 18.3 Å². The summed E-state index contributed by atoms with van der Waals surface area (Å²) in [6.07, 6.45) is 5.77. The zero-order valence-electron chi connectivity index (χ0n) is 4.61. The molecule has 3 aliphatic rings. The minimum atomic E-state index is 0.588. The lowest BCUT2D eigenvalue weighted by atomic mass is 9.71. The van der Waals surface area contributed by atoms with Crippen LogP contribution < -0.4 is 0 Å². The Bertz CT molecular complexity index is 82.7. The summed E-state index contributed by atoms with van der Waals surface area (Å²) in [4.78, 5) is 0. The lowest BCUT2D eigenvalue weighted by molar-refractivity contribution is 0.206. The molecule has 1 radical (unpaired) electrons. The fraction of sp³-hybridized carbons (Fsp3) is 0.857. The number of rotatable bonds is 0. The smallest absolute Gasteiger partial charge is 0.0292 e. The summed E-state index contributed by atoms with van der Waals surface area (Å²) < 4.78 is 0. The molecule has 0 saturated heterocycles. The third kappa shape index (κ3) is 0.375. The minimum absolute atomic E-state index is 0.588. The highest BCUT2D eigenvalue weighted by molar-refractivity contribution is 5.02. The highest BCUT2D eigenvalue weighted by atomic mass is 14.5. The van der Waals surface area contributed by atoms with Crippen LogP contribution in [0.1, 0.15) is 25.7 Å². The Morgan fingerprint density at radius 2 is 2.14 bits per heavy atom. The maximum Gasteiger partial charge on any atom is -0.0292 e. The van der Waals surface area contributed by atoms with Gasteiger partial charge in [0.2, 0.25) is 0 Å². The van der Waals surface area contributed by atoms with E-state index in [2.05, 4.69) is 6.92 Å². The third-order valence-electron chi connectivity index (χ3n) is 2.53. The lowest BCUT2D eigenvalue weighted by Crippen LogP contribution is -2.23. The number of hydrogen-bond acceptors (Lipinski definition) is 0. The number of fused-ring (bicyclic) bond motifs is 1. The van der Waals surface area contributed by atoms with Crippen LogP contribution in [0.5, 0.6) is 0 Å². The topological polar surface area (TPSA) is 0 Å². The second kappa shape index (κ2) is 0.888. The average molecular weight is 95.2 g/mol. The molecule has 0 aromatic heterocycles. The van der Waals surface area contributed by atoms with Crippen molar-refractivity contribution in [3.8, 4) is 0 Å². The lowest BCUT2D eigenvalue weighted by Gasteiger charge is -2.34. The van der Waals surface area contributed by atoms with Gasteiger partial charge in [-0.1, -0.05) is 0 Å². The van der Waals surface area contributed by atoms with Crippen LogP contribution in [0.3, 0.4) is 0 Å². The highest BCUT2D eigenvalue weighted by Crippen LogP contribution is 2.57. The van der Waals surface area contributed by atoms with Gasteiger partial charge < -0.3 is 0 Å². The fourth-order valence-corrected chi connectivity index (χ4v) is 2.08. The molecule has 3 aliphatic carbocycles. The Hall–Kier alpha value is 0. The van der Waals surface area contributed by atoms with E-state index in [0.29, 0.717) is 5.41 Å². The Kier molecular flexibility index (Phi) is 0.499. The van der Waals surface area contributed by atoms with E-state index in [1.165, 1.54) is 25.7 Å². The van der Waals surface area contributed by atoms with Crippen molar-refractivity contribution in [1.29, 1.82) is 0 Å². The molecule has 0 unspecified atom stereocenters. The van der Waals surface area contributed by atoms with Crippen molar-refractivity contribution in [2.75, 3.05) is 0 Å². The maximum absolute atomic E-state index is 4.14. The van der Waals surface area contributed by atoms with Gasteiger partial charge in [-0.15, -0.1) is 0 Å². The molecular weight excluding hydrogens is 84.1 g/mol. The molecule has 39 valence electrons. The van der Waals surface area contributed by atoms with Crippen molar-refractivity contribution >= 4 is 0 Å². The average Bonchev–Trinajstić information content (AvgIpc) is 1.88. The van der Waals surface area contributed by atoms with Gasteiger partial charge in [-0.25, -0.2) is 0 Å². The van der Waals surface area contributed by atoms with E-state index < -0.39 is 0 Å². The monoisotopic (exact) mass is 95.1 g/mol. The van der Waals surface area contributed by atoms with E-state index in [1.807, 2.05) is 0 Å². The van der Waals surface area contributed by atoms with Crippen LogP contribution >= 0.6 is 0 Å². The second-order valence-corrected chi connectivity index (χ2v) is 3.31. The van der Waals surface area contributed by atoms with Gasteiger partial charge in [0, 0.05) is 0 Å². The summed E-state index contributed by atoms with van der Waals surface area (Å²) in [5, 5.41) is 0. The Balaban J connectivity index is 2.20. The summed E-state index contributed by atoms with van der Waals surface area (Å²) in [6, 6.07) is 0. The molecule has 0 heteroatoms. The summed E-state index contributed by atoms with van der Waals surface area (Å²) in [5.41, 5.74) is 0.588. The van der Waals surface area contributed by atoms with Crippen LogP contribution in [-0.4, -0.2) is 0 Å². The standard InChI is InChI=1S/C7H11/c1-7-3-2-6(4-7)5-7/h6H,1-5H2. The van der Waals surface area contributed by atoms with Gasteiger partial charge in [0.1, 0.15) is 0 Å². The van der Waals surface area contributed by atoms with Gasteiger partial charge in [0.15, 0.2) is 0 Å². The predicted octanol–water partition coefficient (Wildman–Crippen LogP) is 2.01. The second-order valence-electron chi connectivity index (χ2n) is 3.31. The summed E-state index contributed by atoms with van der Waals surface area (Å²) in [5.74, 6) is 1.09. The van der Waals surface area contributed by atoms with Crippen molar-refractivity contribution < 1.29 is 0 Å². The maximum atomic E-state index is 4.14. The van der Waals surface area contributed by atoms with Crippen LogP contribution in [-0.2, 0) is 0 Å². The molecule has 0 aliphatic heterocycles. The van der Waals surface area contributed by atoms with Crippen LogP contribution in [0.15, 0.2) is 0 Å². The van der Waals surface area contributed by atoms with Gasteiger partial charge in [-0.05, 0) is 43.9 Å². The molecule has 0 heterocycles. The van der Waals surface area contributed by atoms with Gasteiger partial charge in [-0.3, -0.25) is 0 Å². The third-order valence-corrected chi connectivity index (χ3v) is 2.53. The Labute approximate surface area is 44.9 Å². The first-order valence-corrected chi connectivity index (χ1v) is 3.14.